The van der Waals surface area contributed by atoms with Crippen LogP contribution in [0, 0.1) is 0 Å². The van der Waals surface area contributed by atoms with Gasteiger partial charge in [-0.15, -0.1) is 0 Å². The molecule has 7 nitrogen and oxygen atoms in total. The topological polar surface area (TPSA) is 127 Å². The molecule has 0 radical (unpaired) electrons. The highest BCUT2D eigenvalue weighted by Gasteiger charge is 2.12. The smallest absolute Gasteiger partial charge is 0.250 e. The average Bonchev–Trinajstić information content (AvgIpc) is 2.30. The minimum atomic E-state index is -3.32. The number of amides is 1. The van der Waals surface area contributed by atoms with Crippen molar-refractivity contribution in [1.29, 1.82) is 0 Å². The molecule has 1 amide bonds. The zero-order chi connectivity index (χ0) is 14.5. The second-order valence-corrected chi connectivity index (χ2v) is 5.80. The normalized spacial score (nSPS) is 11.2. The summed E-state index contributed by atoms with van der Waals surface area (Å²) in [6.07, 6.45) is 0. The molecule has 0 unspecified atom stereocenters. The van der Waals surface area contributed by atoms with Crippen molar-refractivity contribution in [3.8, 4) is 0 Å². The Morgan fingerprint density at radius 3 is 2.63 bits per heavy atom. The Morgan fingerprint density at radius 2 is 2.05 bits per heavy atom. The van der Waals surface area contributed by atoms with Gasteiger partial charge in [-0.25, -0.2) is 13.1 Å². The lowest BCUT2D eigenvalue weighted by Gasteiger charge is -2.12. The first-order chi connectivity index (χ1) is 8.87. The van der Waals surface area contributed by atoms with Crippen LogP contribution in [0.4, 0.5) is 11.4 Å². The zero-order valence-corrected chi connectivity index (χ0v) is 11.5. The van der Waals surface area contributed by atoms with Crippen LogP contribution in [0.25, 0.3) is 0 Å². The van der Waals surface area contributed by atoms with Crippen LogP contribution in [-0.4, -0.2) is 33.2 Å². The number of sulfonamides is 1. The summed E-state index contributed by atoms with van der Waals surface area (Å²) in [5.41, 5.74) is 11.9. The number of para-hydroxylation sites is 1. The van der Waals surface area contributed by atoms with Crippen molar-refractivity contribution in [3.05, 3.63) is 23.8 Å². The summed E-state index contributed by atoms with van der Waals surface area (Å²) in [5, 5.41) is 2.83. The molecule has 0 aromatic heterocycles. The Balaban J connectivity index is 2.76. The van der Waals surface area contributed by atoms with Gasteiger partial charge in [-0.3, -0.25) is 4.79 Å². The Kier molecular flexibility index (Phi) is 5.13. The Morgan fingerprint density at radius 1 is 1.37 bits per heavy atom. The van der Waals surface area contributed by atoms with Gasteiger partial charge in [-0.05, 0) is 12.1 Å². The highest BCUT2D eigenvalue weighted by molar-refractivity contribution is 7.89. The van der Waals surface area contributed by atoms with Gasteiger partial charge in [0, 0.05) is 13.1 Å². The van der Waals surface area contributed by atoms with Gasteiger partial charge in [0.1, 0.15) is 0 Å². The lowest BCUT2D eigenvalue weighted by molar-refractivity contribution is 0.100. The molecule has 0 fully saturated rings. The molecule has 106 valence electrons. The molecule has 0 saturated heterocycles. The fourth-order valence-corrected chi connectivity index (χ4v) is 2.53. The van der Waals surface area contributed by atoms with Crippen molar-refractivity contribution >= 4 is 27.3 Å². The van der Waals surface area contributed by atoms with Crippen molar-refractivity contribution in [2.45, 2.75) is 6.92 Å². The van der Waals surface area contributed by atoms with Crippen molar-refractivity contribution in [1.82, 2.24) is 4.72 Å². The summed E-state index contributed by atoms with van der Waals surface area (Å²) in [6, 6.07) is 4.74. The second kappa shape index (κ2) is 6.39. The van der Waals surface area contributed by atoms with Crippen LogP contribution in [0.15, 0.2) is 18.2 Å². The molecule has 8 heteroatoms. The number of primary amides is 1. The predicted molar refractivity (Wildman–Crippen MR) is 75.3 cm³/mol. The van der Waals surface area contributed by atoms with Crippen LogP contribution in [-0.2, 0) is 10.0 Å². The van der Waals surface area contributed by atoms with E-state index in [4.69, 9.17) is 11.5 Å². The molecule has 0 aliphatic rings. The van der Waals surface area contributed by atoms with Crippen LogP contribution in [0.5, 0.6) is 0 Å². The number of hydrogen-bond acceptors (Lipinski definition) is 5. The Bertz CT molecular complexity index is 557. The van der Waals surface area contributed by atoms with E-state index >= 15 is 0 Å². The standard InChI is InChI=1S/C11H18N4O3S/c1-2-15-19(17,18)7-6-14-10-8(11(13)16)4-3-5-9(10)12/h3-5,14-15H,2,6-7,12H2,1H3,(H2,13,16). The Hall–Kier alpha value is -1.80. The number of nitrogens with one attached hydrogen (secondary N) is 2. The minimum Gasteiger partial charge on any atom is -0.397 e. The van der Waals surface area contributed by atoms with Gasteiger partial charge in [-0.1, -0.05) is 13.0 Å². The van der Waals surface area contributed by atoms with E-state index in [1.54, 1.807) is 19.1 Å². The van der Waals surface area contributed by atoms with Crippen LogP contribution < -0.4 is 21.5 Å². The maximum Gasteiger partial charge on any atom is 0.250 e. The van der Waals surface area contributed by atoms with Crippen molar-refractivity contribution < 1.29 is 13.2 Å². The molecule has 0 aliphatic heterocycles. The van der Waals surface area contributed by atoms with Gasteiger partial charge in [0.15, 0.2) is 0 Å². The minimum absolute atomic E-state index is 0.118. The summed E-state index contributed by atoms with van der Waals surface area (Å²) in [6.45, 7) is 2.16. The molecule has 1 aromatic rings. The van der Waals surface area contributed by atoms with Crippen molar-refractivity contribution in [2.75, 3.05) is 29.9 Å². The SMILES string of the molecule is CCNS(=O)(=O)CCNc1c(N)cccc1C(N)=O. The first kappa shape index (κ1) is 15.3. The molecule has 0 spiro atoms. The van der Waals surface area contributed by atoms with E-state index < -0.39 is 15.9 Å². The van der Waals surface area contributed by atoms with E-state index in [1.807, 2.05) is 0 Å². The quantitative estimate of drug-likeness (QED) is 0.513. The van der Waals surface area contributed by atoms with Crippen LogP contribution in [0.3, 0.4) is 0 Å². The number of carbonyl (C=O) groups excluding carboxylic acids is 1. The number of anilines is 2. The van der Waals surface area contributed by atoms with E-state index in [9.17, 15) is 13.2 Å². The molecular weight excluding hydrogens is 268 g/mol. The highest BCUT2D eigenvalue weighted by Crippen LogP contribution is 2.22. The molecule has 6 N–H and O–H groups in total. The monoisotopic (exact) mass is 286 g/mol. The maximum atomic E-state index is 11.5. The third-order valence-corrected chi connectivity index (χ3v) is 3.87. The summed E-state index contributed by atoms with van der Waals surface area (Å²) in [7, 11) is -3.32. The van der Waals surface area contributed by atoms with Gasteiger partial charge in [-0.2, -0.15) is 0 Å². The molecule has 0 saturated carbocycles. The fraction of sp³-hybridized carbons (Fsp3) is 0.364. The summed E-state index contributed by atoms with van der Waals surface area (Å²) >= 11 is 0. The molecule has 1 aromatic carbocycles. The lowest BCUT2D eigenvalue weighted by atomic mass is 10.1. The molecular formula is C11H18N4O3S. The van der Waals surface area contributed by atoms with Gasteiger partial charge in [0.25, 0.3) is 5.91 Å². The summed E-state index contributed by atoms with van der Waals surface area (Å²) in [5.74, 6) is -0.739. The summed E-state index contributed by atoms with van der Waals surface area (Å²) < 4.78 is 25.3. The second-order valence-electron chi connectivity index (χ2n) is 3.88. The first-order valence-electron chi connectivity index (χ1n) is 5.77. The molecule has 0 atom stereocenters. The largest absolute Gasteiger partial charge is 0.397 e. The van der Waals surface area contributed by atoms with E-state index in [-0.39, 0.29) is 17.9 Å². The van der Waals surface area contributed by atoms with E-state index in [1.165, 1.54) is 6.07 Å². The number of nitrogens with two attached hydrogens (primary N) is 2. The van der Waals surface area contributed by atoms with Gasteiger partial charge in [0.2, 0.25) is 10.0 Å². The number of hydrogen-bond donors (Lipinski definition) is 4. The van der Waals surface area contributed by atoms with Crippen molar-refractivity contribution in [3.63, 3.8) is 0 Å². The van der Waals surface area contributed by atoms with Gasteiger partial charge in [0.05, 0.1) is 22.7 Å². The number of benzene rings is 1. The van der Waals surface area contributed by atoms with Crippen LogP contribution in [0.2, 0.25) is 0 Å². The molecule has 0 heterocycles. The maximum absolute atomic E-state index is 11.5. The average molecular weight is 286 g/mol. The van der Waals surface area contributed by atoms with E-state index in [0.717, 1.165) is 0 Å². The fourth-order valence-electron chi connectivity index (χ4n) is 1.58. The van der Waals surface area contributed by atoms with Gasteiger partial charge < -0.3 is 16.8 Å². The summed E-state index contributed by atoms with van der Waals surface area (Å²) in [4.78, 5) is 11.2. The van der Waals surface area contributed by atoms with Crippen LogP contribution in [0.1, 0.15) is 17.3 Å². The first-order valence-corrected chi connectivity index (χ1v) is 7.42. The lowest BCUT2D eigenvalue weighted by Crippen LogP contribution is -2.29. The van der Waals surface area contributed by atoms with Crippen molar-refractivity contribution in [2.24, 2.45) is 5.73 Å². The number of nitrogen functional groups attached to an aromatic ring is 1. The third kappa shape index (κ3) is 4.42. The Labute approximate surface area is 112 Å². The van der Waals surface area contributed by atoms with Gasteiger partial charge >= 0.3 is 0 Å². The zero-order valence-electron chi connectivity index (χ0n) is 10.6. The van der Waals surface area contributed by atoms with E-state index in [0.29, 0.717) is 17.9 Å². The predicted octanol–water partition coefficient (Wildman–Crippen LogP) is -0.281. The molecule has 19 heavy (non-hydrogen) atoms. The van der Waals surface area contributed by atoms with E-state index in [2.05, 4.69) is 10.0 Å². The third-order valence-electron chi connectivity index (χ3n) is 2.40. The molecule has 1 rings (SSSR count). The molecule has 0 bridgehead atoms. The molecule has 0 aliphatic carbocycles. The number of rotatable bonds is 7. The number of carbonyl (C=O) groups is 1. The highest BCUT2D eigenvalue weighted by atomic mass is 32.2. The van der Waals surface area contributed by atoms with Crippen LogP contribution >= 0.6 is 0 Å².